The van der Waals surface area contributed by atoms with Gasteiger partial charge in [-0.1, -0.05) is 36.4 Å². The summed E-state index contributed by atoms with van der Waals surface area (Å²) in [4.78, 5) is 15.9. The van der Waals surface area contributed by atoms with Crippen molar-refractivity contribution >= 4 is 17.2 Å². The van der Waals surface area contributed by atoms with Gasteiger partial charge >= 0.3 is 0 Å². The van der Waals surface area contributed by atoms with Gasteiger partial charge in [-0.05, 0) is 36.5 Å². The molecule has 1 amide bonds. The lowest BCUT2D eigenvalue weighted by atomic mass is 10.1. The topological polar surface area (TPSA) is 44.4 Å². The Morgan fingerprint density at radius 2 is 2.04 bits per heavy atom. The van der Waals surface area contributed by atoms with Gasteiger partial charge in [0.2, 0.25) is 5.91 Å². The molecule has 1 aromatic heterocycles. The molecule has 0 radical (unpaired) electrons. The maximum absolute atomic E-state index is 12.5. The Labute approximate surface area is 141 Å². The van der Waals surface area contributed by atoms with Crippen LogP contribution < -0.4 is 10.6 Å². The van der Waals surface area contributed by atoms with Gasteiger partial charge in [-0.15, -0.1) is 11.3 Å². The van der Waals surface area contributed by atoms with E-state index in [0.29, 0.717) is 6.54 Å². The molecule has 122 valence electrons. The molecule has 2 aromatic rings. The average Bonchev–Trinajstić information content (AvgIpc) is 2.99. The van der Waals surface area contributed by atoms with Gasteiger partial charge in [0.05, 0.1) is 12.6 Å². The number of carbonyl (C=O) groups excluding carboxylic acids is 1. The summed E-state index contributed by atoms with van der Waals surface area (Å²) in [7, 11) is 0. The Kier molecular flexibility index (Phi) is 5.80. The van der Waals surface area contributed by atoms with Gasteiger partial charge < -0.3 is 10.6 Å². The Bertz CT molecular complexity index is 592. The maximum Gasteiger partial charge on any atom is 0.234 e. The summed E-state index contributed by atoms with van der Waals surface area (Å²) in [5, 5.41) is 8.63. The summed E-state index contributed by atoms with van der Waals surface area (Å²) in [6, 6.07) is 14.2. The molecular weight excluding hydrogens is 306 g/mol. The van der Waals surface area contributed by atoms with E-state index in [-0.39, 0.29) is 11.9 Å². The van der Waals surface area contributed by atoms with Crippen LogP contribution in [0.5, 0.6) is 0 Å². The third-order valence-electron chi connectivity index (χ3n) is 4.07. The lowest BCUT2D eigenvalue weighted by molar-refractivity contribution is -0.122. The van der Waals surface area contributed by atoms with Crippen LogP contribution in [-0.2, 0) is 4.79 Å². The fourth-order valence-electron chi connectivity index (χ4n) is 2.89. The quantitative estimate of drug-likeness (QED) is 0.884. The minimum Gasteiger partial charge on any atom is -0.343 e. The molecule has 2 heterocycles. The fraction of sp³-hybridized carbons (Fsp3) is 0.389. The van der Waals surface area contributed by atoms with Crippen molar-refractivity contribution in [2.45, 2.75) is 12.5 Å². The predicted octanol–water partition coefficient (Wildman–Crippen LogP) is 2.25. The van der Waals surface area contributed by atoms with Crippen LogP contribution in [-0.4, -0.2) is 43.5 Å². The molecule has 1 aliphatic rings. The van der Waals surface area contributed by atoms with Crippen LogP contribution in [0.2, 0.25) is 0 Å². The van der Waals surface area contributed by atoms with E-state index in [4.69, 9.17) is 0 Å². The lowest BCUT2D eigenvalue weighted by Crippen LogP contribution is -2.40. The highest BCUT2D eigenvalue weighted by Crippen LogP contribution is 2.25. The zero-order chi connectivity index (χ0) is 15.9. The molecule has 1 unspecified atom stereocenters. The molecule has 0 bridgehead atoms. The largest absolute Gasteiger partial charge is 0.343 e. The summed E-state index contributed by atoms with van der Waals surface area (Å²) in [5.74, 6) is 0.0918. The monoisotopic (exact) mass is 329 g/mol. The number of nitrogens with zero attached hydrogens (tertiary/aromatic N) is 1. The zero-order valence-corrected chi connectivity index (χ0v) is 14.0. The number of amides is 1. The van der Waals surface area contributed by atoms with Crippen LogP contribution in [0, 0.1) is 0 Å². The van der Waals surface area contributed by atoms with Crippen LogP contribution in [0.25, 0.3) is 0 Å². The molecule has 1 fully saturated rings. The van der Waals surface area contributed by atoms with Gasteiger partial charge in [0.25, 0.3) is 0 Å². The predicted molar refractivity (Wildman–Crippen MR) is 94.7 cm³/mol. The lowest BCUT2D eigenvalue weighted by Gasteiger charge is -2.22. The van der Waals surface area contributed by atoms with Crippen LogP contribution >= 0.6 is 11.3 Å². The first-order valence-electron chi connectivity index (χ1n) is 8.14. The van der Waals surface area contributed by atoms with Crippen molar-refractivity contribution in [2.75, 3.05) is 32.7 Å². The third-order valence-corrected chi connectivity index (χ3v) is 5.00. The van der Waals surface area contributed by atoms with Crippen LogP contribution in [0.15, 0.2) is 47.8 Å². The second-order valence-electron chi connectivity index (χ2n) is 5.81. The minimum absolute atomic E-state index is 0.0613. The van der Waals surface area contributed by atoms with Crippen molar-refractivity contribution < 1.29 is 4.79 Å². The first-order chi connectivity index (χ1) is 11.3. The van der Waals surface area contributed by atoms with Gasteiger partial charge in [0.1, 0.15) is 0 Å². The number of thiophene rings is 1. The normalized spacial score (nSPS) is 17.4. The molecule has 3 rings (SSSR count). The second kappa shape index (κ2) is 8.24. The molecule has 5 heteroatoms. The van der Waals surface area contributed by atoms with Gasteiger partial charge in [-0.3, -0.25) is 9.69 Å². The molecule has 1 atom stereocenters. The molecule has 1 aliphatic heterocycles. The fourth-order valence-corrected chi connectivity index (χ4v) is 3.69. The van der Waals surface area contributed by atoms with E-state index in [1.54, 1.807) is 11.3 Å². The Hall–Kier alpha value is -1.69. The van der Waals surface area contributed by atoms with Crippen molar-refractivity contribution in [1.82, 2.24) is 15.5 Å². The number of rotatable bonds is 5. The average molecular weight is 329 g/mol. The molecule has 23 heavy (non-hydrogen) atoms. The molecule has 1 saturated heterocycles. The van der Waals surface area contributed by atoms with E-state index in [2.05, 4.69) is 39.1 Å². The molecule has 0 spiro atoms. The minimum atomic E-state index is -0.0613. The first kappa shape index (κ1) is 16.2. The first-order valence-corrected chi connectivity index (χ1v) is 9.01. The molecule has 2 N–H and O–H groups in total. The number of hydrogen-bond donors (Lipinski definition) is 2. The van der Waals surface area contributed by atoms with Crippen molar-refractivity contribution in [3.63, 3.8) is 0 Å². The Morgan fingerprint density at radius 3 is 2.83 bits per heavy atom. The highest BCUT2D eigenvalue weighted by Gasteiger charge is 2.19. The van der Waals surface area contributed by atoms with Gasteiger partial charge in [-0.25, -0.2) is 0 Å². The number of carbonyl (C=O) groups is 1. The van der Waals surface area contributed by atoms with Crippen LogP contribution in [0.4, 0.5) is 0 Å². The third kappa shape index (κ3) is 4.64. The molecule has 1 aromatic carbocycles. The van der Waals surface area contributed by atoms with E-state index in [1.165, 1.54) is 4.88 Å². The van der Waals surface area contributed by atoms with E-state index in [0.717, 1.165) is 38.2 Å². The van der Waals surface area contributed by atoms with E-state index < -0.39 is 0 Å². The van der Waals surface area contributed by atoms with Crippen molar-refractivity contribution in [3.8, 4) is 0 Å². The SMILES string of the molecule is O=C(CN1CCCNCC1)NC(c1ccccc1)c1cccs1. The second-order valence-corrected chi connectivity index (χ2v) is 6.79. The maximum atomic E-state index is 12.5. The molecule has 0 saturated carbocycles. The standard InChI is InChI=1S/C18H23N3OS/c22-17(14-21-11-5-9-19-10-12-21)20-18(16-8-4-13-23-16)15-6-2-1-3-7-15/h1-4,6-8,13,18-19H,5,9-12,14H2,(H,20,22). The Morgan fingerprint density at radius 1 is 1.17 bits per heavy atom. The van der Waals surface area contributed by atoms with Gasteiger partial charge in [-0.2, -0.15) is 0 Å². The highest BCUT2D eigenvalue weighted by molar-refractivity contribution is 7.10. The zero-order valence-electron chi connectivity index (χ0n) is 13.2. The van der Waals surface area contributed by atoms with Gasteiger partial charge in [0.15, 0.2) is 0 Å². The van der Waals surface area contributed by atoms with E-state index in [1.807, 2.05) is 24.3 Å². The van der Waals surface area contributed by atoms with E-state index in [9.17, 15) is 4.79 Å². The van der Waals surface area contributed by atoms with Crippen molar-refractivity contribution in [2.24, 2.45) is 0 Å². The van der Waals surface area contributed by atoms with Crippen molar-refractivity contribution in [3.05, 3.63) is 58.3 Å². The smallest absolute Gasteiger partial charge is 0.234 e. The summed E-state index contributed by atoms with van der Waals surface area (Å²) in [5.41, 5.74) is 1.13. The number of nitrogens with one attached hydrogen (secondary N) is 2. The highest BCUT2D eigenvalue weighted by atomic mass is 32.1. The number of hydrogen-bond acceptors (Lipinski definition) is 4. The van der Waals surface area contributed by atoms with Crippen molar-refractivity contribution in [1.29, 1.82) is 0 Å². The Balaban J connectivity index is 1.67. The van der Waals surface area contributed by atoms with Gasteiger partial charge in [0, 0.05) is 18.0 Å². The number of benzene rings is 1. The molecule has 4 nitrogen and oxygen atoms in total. The molecule has 0 aliphatic carbocycles. The molecular formula is C18H23N3OS. The van der Waals surface area contributed by atoms with Crippen LogP contribution in [0.3, 0.4) is 0 Å². The summed E-state index contributed by atoms with van der Waals surface area (Å²) >= 11 is 1.68. The van der Waals surface area contributed by atoms with E-state index >= 15 is 0 Å². The summed E-state index contributed by atoms with van der Waals surface area (Å²) in [6.45, 7) is 4.38. The van der Waals surface area contributed by atoms with Crippen LogP contribution in [0.1, 0.15) is 22.9 Å². The summed E-state index contributed by atoms with van der Waals surface area (Å²) < 4.78 is 0. The summed E-state index contributed by atoms with van der Waals surface area (Å²) in [6.07, 6.45) is 1.10.